The molecule has 1 aliphatic rings. The number of rotatable bonds is 5. The van der Waals surface area contributed by atoms with E-state index in [-0.39, 0.29) is 0 Å². The molecule has 0 fully saturated rings. The van der Waals surface area contributed by atoms with Crippen molar-refractivity contribution in [2.75, 3.05) is 13.2 Å². The predicted octanol–water partition coefficient (Wildman–Crippen LogP) is 3.36. The number of aryl methyl sites for hydroxylation is 1. The monoisotopic (exact) mass is 282 g/mol. The number of carbonyl (C=O) groups is 1. The summed E-state index contributed by atoms with van der Waals surface area (Å²) >= 11 is 0. The maximum atomic E-state index is 11.0. The highest BCUT2D eigenvalue weighted by Gasteiger charge is 2.12. The first-order valence-electron chi connectivity index (χ1n) is 7.19. The first-order chi connectivity index (χ1) is 10.3. The number of hydrogen-bond acceptors (Lipinski definition) is 3. The first-order valence-corrected chi connectivity index (χ1v) is 7.19. The molecule has 3 nitrogen and oxygen atoms in total. The van der Waals surface area contributed by atoms with Crippen molar-refractivity contribution in [1.82, 2.24) is 0 Å². The molecule has 0 amide bonds. The number of benzene rings is 2. The number of fused-ring (bicyclic) bond motifs is 1. The SMILES string of the molecule is Cc1ccc(OCCc2ccc3c(c2)CCO3)c(C=O)c1. The molecule has 1 aliphatic heterocycles. The summed E-state index contributed by atoms with van der Waals surface area (Å²) in [6.07, 6.45) is 2.64. The minimum Gasteiger partial charge on any atom is -0.493 e. The zero-order valence-corrected chi connectivity index (χ0v) is 12.1. The highest BCUT2D eigenvalue weighted by molar-refractivity contribution is 5.79. The van der Waals surface area contributed by atoms with Crippen molar-refractivity contribution in [3.8, 4) is 11.5 Å². The molecule has 0 unspecified atom stereocenters. The number of ether oxygens (including phenoxy) is 2. The van der Waals surface area contributed by atoms with Crippen LogP contribution in [0.25, 0.3) is 0 Å². The van der Waals surface area contributed by atoms with Crippen LogP contribution in [0, 0.1) is 6.92 Å². The average molecular weight is 282 g/mol. The summed E-state index contributed by atoms with van der Waals surface area (Å²) in [6.45, 7) is 3.30. The Bertz CT molecular complexity index is 662. The summed E-state index contributed by atoms with van der Waals surface area (Å²) in [5, 5.41) is 0. The van der Waals surface area contributed by atoms with Crippen molar-refractivity contribution in [3.05, 3.63) is 58.7 Å². The molecule has 0 aromatic heterocycles. The summed E-state index contributed by atoms with van der Waals surface area (Å²) < 4.78 is 11.2. The number of carbonyl (C=O) groups excluding carboxylic acids is 1. The Labute approximate surface area is 124 Å². The second-order valence-electron chi connectivity index (χ2n) is 5.30. The van der Waals surface area contributed by atoms with Crippen LogP contribution >= 0.6 is 0 Å². The highest BCUT2D eigenvalue weighted by atomic mass is 16.5. The lowest BCUT2D eigenvalue weighted by Crippen LogP contribution is -2.03. The van der Waals surface area contributed by atoms with Crippen LogP contribution in [0.2, 0.25) is 0 Å². The highest BCUT2D eigenvalue weighted by Crippen LogP contribution is 2.26. The van der Waals surface area contributed by atoms with Crippen LogP contribution in [0.4, 0.5) is 0 Å². The van der Waals surface area contributed by atoms with E-state index in [9.17, 15) is 4.79 Å². The molecule has 0 saturated heterocycles. The third-order valence-electron chi connectivity index (χ3n) is 3.69. The Morgan fingerprint density at radius 3 is 3.00 bits per heavy atom. The second-order valence-corrected chi connectivity index (χ2v) is 5.30. The molecule has 2 aromatic carbocycles. The summed E-state index contributed by atoms with van der Waals surface area (Å²) in [6, 6.07) is 11.9. The van der Waals surface area contributed by atoms with Crippen LogP contribution < -0.4 is 9.47 Å². The Kier molecular flexibility index (Phi) is 3.91. The standard InChI is InChI=1S/C18H18O3/c1-13-2-4-18(16(10-13)12-19)20-8-6-14-3-5-17-15(11-14)7-9-21-17/h2-5,10-12H,6-9H2,1H3. The molecule has 108 valence electrons. The van der Waals surface area contributed by atoms with Crippen LogP contribution in [0.5, 0.6) is 11.5 Å². The normalized spacial score (nSPS) is 12.6. The first kappa shape index (κ1) is 13.7. The van der Waals surface area contributed by atoms with Crippen molar-refractivity contribution in [1.29, 1.82) is 0 Å². The fraction of sp³-hybridized carbons (Fsp3) is 0.278. The van der Waals surface area contributed by atoms with E-state index in [0.717, 1.165) is 37.0 Å². The van der Waals surface area contributed by atoms with E-state index in [1.807, 2.05) is 31.2 Å². The second kappa shape index (κ2) is 6.00. The molecular formula is C18H18O3. The van der Waals surface area contributed by atoms with Crippen molar-refractivity contribution < 1.29 is 14.3 Å². The molecule has 0 N–H and O–H groups in total. The maximum absolute atomic E-state index is 11.0. The minimum atomic E-state index is 0.559. The van der Waals surface area contributed by atoms with Gasteiger partial charge in [0.05, 0.1) is 18.8 Å². The van der Waals surface area contributed by atoms with E-state index in [4.69, 9.17) is 9.47 Å². The molecule has 3 rings (SSSR count). The van der Waals surface area contributed by atoms with E-state index in [0.29, 0.717) is 17.9 Å². The van der Waals surface area contributed by atoms with Crippen LogP contribution in [-0.2, 0) is 12.8 Å². The third kappa shape index (κ3) is 3.07. The Hall–Kier alpha value is -2.29. The molecule has 0 spiro atoms. The molecule has 1 heterocycles. The molecule has 3 heteroatoms. The van der Waals surface area contributed by atoms with Gasteiger partial charge < -0.3 is 9.47 Å². The lowest BCUT2D eigenvalue weighted by Gasteiger charge is -2.09. The summed E-state index contributed by atoms with van der Waals surface area (Å²) in [5.74, 6) is 1.65. The largest absolute Gasteiger partial charge is 0.493 e. The Balaban J connectivity index is 1.62. The summed E-state index contributed by atoms with van der Waals surface area (Å²) in [4.78, 5) is 11.0. The maximum Gasteiger partial charge on any atom is 0.153 e. The fourth-order valence-electron chi connectivity index (χ4n) is 2.57. The molecule has 21 heavy (non-hydrogen) atoms. The minimum absolute atomic E-state index is 0.559. The molecule has 0 bridgehead atoms. The Morgan fingerprint density at radius 1 is 1.24 bits per heavy atom. The lowest BCUT2D eigenvalue weighted by atomic mass is 10.1. The average Bonchev–Trinajstić information content (AvgIpc) is 2.96. The lowest BCUT2D eigenvalue weighted by molar-refractivity contribution is 0.111. The number of hydrogen-bond donors (Lipinski definition) is 0. The van der Waals surface area contributed by atoms with Crippen LogP contribution in [0.3, 0.4) is 0 Å². The molecule has 0 saturated carbocycles. The van der Waals surface area contributed by atoms with Gasteiger partial charge in [-0.1, -0.05) is 23.8 Å². The molecular weight excluding hydrogens is 264 g/mol. The van der Waals surface area contributed by atoms with E-state index >= 15 is 0 Å². The van der Waals surface area contributed by atoms with Gasteiger partial charge >= 0.3 is 0 Å². The van der Waals surface area contributed by atoms with Gasteiger partial charge in [-0.2, -0.15) is 0 Å². The van der Waals surface area contributed by atoms with Crippen molar-refractivity contribution in [2.45, 2.75) is 19.8 Å². The van der Waals surface area contributed by atoms with E-state index in [1.54, 1.807) is 0 Å². The van der Waals surface area contributed by atoms with Gasteiger partial charge in [0.1, 0.15) is 11.5 Å². The van der Waals surface area contributed by atoms with Gasteiger partial charge in [-0.25, -0.2) is 0 Å². The van der Waals surface area contributed by atoms with E-state index in [2.05, 4.69) is 12.1 Å². The van der Waals surface area contributed by atoms with Gasteiger partial charge in [-0.15, -0.1) is 0 Å². The quantitative estimate of drug-likeness (QED) is 0.789. The van der Waals surface area contributed by atoms with E-state index in [1.165, 1.54) is 11.1 Å². The predicted molar refractivity (Wildman–Crippen MR) is 81.4 cm³/mol. The smallest absolute Gasteiger partial charge is 0.153 e. The van der Waals surface area contributed by atoms with Gasteiger partial charge in [0, 0.05) is 12.8 Å². The fourth-order valence-corrected chi connectivity index (χ4v) is 2.57. The van der Waals surface area contributed by atoms with Crippen molar-refractivity contribution in [3.63, 3.8) is 0 Å². The zero-order valence-electron chi connectivity index (χ0n) is 12.1. The van der Waals surface area contributed by atoms with Gasteiger partial charge in [0.25, 0.3) is 0 Å². The van der Waals surface area contributed by atoms with Gasteiger partial charge in [0.15, 0.2) is 6.29 Å². The van der Waals surface area contributed by atoms with Crippen molar-refractivity contribution >= 4 is 6.29 Å². The van der Waals surface area contributed by atoms with E-state index < -0.39 is 0 Å². The third-order valence-corrected chi connectivity index (χ3v) is 3.69. The van der Waals surface area contributed by atoms with Gasteiger partial charge in [-0.05, 0) is 36.2 Å². The van der Waals surface area contributed by atoms with Crippen LogP contribution in [0.1, 0.15) is 27.0 Å². The molecule has 2 aromatic rings. The topological polar surface area (TPSA) is 35.5 Å². The number of aldehydes is 1. The molecule has 0 atom stereocenters. The summed E-state index contributed by atoms with van der Waals surface area (Å²) in [7, 11) is 0. The summed E-state index contributed by atoms with van der Waals surface area (Å²) in [5.41, 5.74) is 4.18. The zero-order chi connectivity index (χ0) is 14.7. The van der Waals surface area contributed by atoms with Gasteiger partial charge in [-0.3, -0.25) is 4.79 Å². The van der Waals surface area contributed by atoms with Crippen LogP contribution in [-0.4, -0.2) is 19.5 Å². The molecule has 0 aliphatic carbocycles. The van der Waals surface area contributed by atoms with Gasteiger partial charge in [0.2, 0.25) is 0 Å². The van der Waals surface area contributed by atoms with Crippen LogP contribution in [0.15, 0.2) is 36.4 Å². The molecule has 0 radical (unpaired) electrons. The van der Waals surface area contributed by atoms with Crippen molar-refractivity contribution in [2.24, 2.45) is 0 Å². The Morgan fingerprint density at radius 2 is 2.14 bits per heavy atom.